The number of thiophene rings is 1. The third-order valence-electron chi connectivity index (χ3n) is 3.06. The van der Waals surface area contributed by atoms with Gasteiger partial charge in [0.05, 0.1) is 17.6 Å². The third-order valence-corrected chi connectivity index (χ3v) is 4.06. The highest BCUT2D eigenvalue weighted by Gasteiger charge is 2.18. The van der Waals surface area contributed by atoms with Crippen LogP contribution in [-0.4, -0.2) is 12.3 Å². The van der Waals surface area contributed by atoms with E-state index in [9.17, 15) is 0 Å². The zero-order valence-corrected chi connectivity index (χ0v) is 12.0. The molecule has 0 aliphatic rings. The van der Waals surface area contributed by atoms with Crippen LogP contribution in [0.1, 0.15) is 4.88 Å². The van der Waals surface area contributed by atoms with E-state index in [2.05, 4.69) is 18.1 Å². The number of rotatable bonds is 3. The van der Waals surface area contributed by atoms with Gasteiger partial charge in [0.25, 0.3) is 0 Å². The van der Waals surface area contributed by atoms with E-state index in [4.69, 9.17) is 15.0 Å². The van der Waals surface area contributed by atoms with Crippen molar-refractivity contribution in [3.05, 3.63) is 41.3 Å². The van der Waals surface area contributed by atoms with Crippen molar-refractivity contribution in [2.45, 2.75) is 6.92 Å². The van der Waals surface area contributed by atoms with Gasteiger partial charge in [-0.05, 0) is 36.8 Å². The number of aromatic nitrogens is 1. The number of ether oxygens (including phenoxy) is 1. The Morgan fingerprint density at radius 3 is 2.50 bits per heavy atom. The normalized spacial score (nSPS) is 10.7. The van der Waals surface area contributed by atoms with Gasteiger partial charge < -0.3 is 15.0 Å². The first-order valence-corrected chi connectivity index (χ1v) is 6.97. The molecule has 2 N–H and O–H groups in total. The van der Waals surface area contributed by atoms with Gasteiger partial charge in [-0.3, -0.25) is 0 Å². The molecule has 3 aromatic rings. The Hall–Kier alpha value is -2.27. The summed E-state index contributed by atoms with van der Waals surface area (Å²) in [5.74, 6) is 1.92. The minimum atomic E-state index is 0.399. The number of nitrogens with two attached hydrogens (primary N) is 1. The highest BCUT2D eigenvalue weighted by molar-refractivity contribution is 7.15. The molecule has 0 aliphatic heterocycles. The Morgan fingerprint density at radius 1 is 1.15 bits per heavy atom. The van der Waals surface area contributed by atoms with Gasteiger partial charge in [-0.25, -0.2) is 0 Å². The van der Waals surface area contributed by atoms with Crippen molar-refractivity contribution in [2.24, 2.45) is 0 Å². The zero-order valence-electron chi connectivity index (χ0n) is 11.2. The molecule has 3 rings (SSSR count). The van der Waals surface area contributed by atoms with Gasteiger partial charge in [-0.1, -0.05) is 17.3 Å². The summed E-state index contributed by atoms with van der Waals surface area (Å²) in [5.41, 5.74) is 7.75. The lowest BCUT2D eigenvalue weighted by atomic mass is 10.0. The lowest BCUT2D eigenvalue weighted by molar-refractivity contribution is 0.415. The van der Waals surface area contributed by atoms with Crippen molar-refractivity contribution in [3.63, 3.8) is 0 Å². The number of hydrogen-bond donors (Lipinski definition) is 1. The minimum Gasteiger partial charge on any atom is -0.497 e. The summed E-state index contributed by atoms with van der Waals surface area (Å²) in [4.78, 5) is 2.24. The van der Waals surface area contributed by atoms with Crippen molar-refractivity contribution in [3.8, 4) is 27.5 Å². The van der Waals surface area contributed by atoms with Crippen LogP contribution in [0.3, 0.4) is 0 Å². The molecule has 20 heavy (non-hydrogen) atoms. The molecule has 0 spiro atoms. The second kappa shape index (κ2) is 5.02. The maximum absolute atomic E-state index is 5.96. The molecule has 0 saturated heterocycles. The van der Waals surface area contributed by atoms with Crippen molar-refractivity contribution in [1.82, 2.24) is 5.16 Å². The Morgan fingerprint density at radius 2 is 1.90 bits per heavy atom. The van der Waals surface area contributed by atoms with Crippen LogP contribution < -0.4 is 10.5 Å². The predicted octanol–water partition coefficient (Wildman–Crippen LogP) is 3.97. The molecule has 0 amide bonds. The lowest BCUT2D eigenvalue weighted by Gasteiger charge is -2.03. The molecule has 2 aromatic heterocycles. The fourth-order valence-electron chi connectivity index (χ4n) is 2.06. The topological polar surface area (TPSA) is 61.3 Å². The van der Waals surface area contributed by atoms with Gasteiger partial charge in [-0.2, -0.15) is 0 Å². The van der Waals surface area contributed by atoms with E-state index < -0.39 is 0 Å². The molecule has 0 unspecified atom stereocenters. The van der Waals surface area contributed by atoms with Crippen molar-refractivity contribution < 1.29 is 9.26 Å². The quantitative estimate of drug-likeness (QED) is 0.791. The molecule has 5 heteroatoms. The van der Waals surface area contributed by atoms with Gasteiger partial charge in [0.2, 0.25) is 0 Å². The van der Waals surface area contributed by atoms with E-state index in [1.54, 1.807) is 18.4 Å². The second-order valence-electron chi connectivity index (χ2n) is 4.41. The average molecular weight is 286 g/mol. The average Bonchev–Trinajstić information content (AvgIpc) is 3.05. The van der Waals surface area contributed by atoms with E-state index in [-0.39, 0.29) is 0 Å². The number of nitrogens with zero attached hydrogens (tertiary/aromatic N) is 1. The number of hydrogen-bond acceptors (Lipinski definition) is 5. The van der Waals surface area contributed by atoms with Gasteiger partial charge in [-0.15, -0.1) is 11.3 Å². The Kier molecular flexibility index (Phi) is 3.20. The first kappa shape index (κ1) is 12.7. The molecule has 4 nitrogen and oxygen atoms in total. The van der Waals surface area contributed by atoms with Crippen molar-refractivity contribution >= 4 is 17.2 Å². The van der Waals surface area contributed by atoms with Crippen LogP contribution in [0.2, 0.25) is 0 Å². The van der Waals surface area contributed by atoms with Gasteiger partial charge in [0.15, 0.2) is 11.6 Å². The Balaban J connectivity index is 2.10. The molecule has 0 bridgehead atoms. The summed E-state index contributed by atoms with van der Waals surface area (Å²) >= 11 is 1.66. The lowest BCUT2D eigenvalue weighted by Crippen LogP contribution is -1.89. The van der Waals surface area contributed by atoms with Crippen LogP contribution in [0.5, 0.6) is 5.75 Å². The third kappa shape index (κ3) is 2.16. The van der Waals surface area contributed by atoms with Crippen LogP contribution in [0, 0.1) is 6.92 Å². The zero-order chi connectivity index (χ0) is 14.1. The second-order valence-corrected chi connectivity index (χ2v) is 5.70. The fourth-order valence-corrected chi connectivity index (χ4v) is 2.91. The van der Waals surface area contributed by atoms with Crippen LogP contribution in [0.25, 0.3) is 21.8 Å². The van der Waals surface area contributed by atoms with Gasteiger partial charge >= 0.3 is 0 Å². The van der Waals surface area contributed by atoms with Crippen LogP contribution >= 0.6 is 11.3 Å². The number of benzene rings is 1. The molecule has 1 aromatic carbocycles. The molecule has 102 valence electrons. The molecule has 0 saturated carbocycles. The summed E-state index contributed by atoms with van der Waals surface area (Å²) in [6, 6.07) is 11.8. The largest absolute Gasteiger partial charge is 0.497 e. The molecule has 0 aliphatic carbocycles. The summed E-state index contributed by atoms with van der Waals surface area (Å²) < 4.78 is 10.6. The number of nitrogen functional groups attached to an aromatic ring is 1. The number of aryl methyl sites for hydroxylation is 1. The van der Waals surface area contributed by atoms with E-state index in [0.29, 0.717) is 11.6 Å². The Bertz CT molecular complexity index is 729. The smallest absolute Gasteiger partial charge is 0.186 e. The predicted molar refractivity (Wildman–Crippen MR) is 81.0 cm³/mol. The maximum atomic E-state index is 5.96. The molecule has 0 fully saturated rings. The maximum Gasteiger partial charge on any atom is 0.186 e. The minimum absolute atomic E-state index is 0.399. The van der Waals surface area contributed by atoms with Crippen LogP contribution in [-0.2, 0) is 0 Å². The van der Waals surface area contributed by atoms with Gasteiger partial charge in [0.1, 0.15) is 5.75 Å². The summed E-state index contributed by atoms with van der Waals surface area (Å²) in [7, 11) is 1.64. The molecule has 2 heterocycles. The highest BCUT2D eigenvalue weighted by atomic mass is 32.1. The standard InChI is InChI=1S/C15H14N2O2S/c1-9-3-8-12(20-9)14-13(15(16)17-19-14)10-4-6-11(18-2)7-5-10/h3-8H,1-2H3,(H2,16,17). The molecular formula is C15H14N2O2S. The van der Waals surface area contributed by atoms with E-state index in [0.717, 1.165) is 21.8 Å². The Labute approximate surface area is 120 Å². The summed E-state index contributed by atoms with van der Waals surface area (Å²) in [5, 5.41) is 3.90. The van der Waals surface area contributed by atoms with Crippen molar-refractivity contribution in [1.29, 1.82) is 0 Å². The monoisotopic (exact) mass is 286 g/mol. The SMILES string of the molecule is COc1ccc(-c2c(N)noc2-c2ccc(C)s2)cc1. The van der Waals surface area contributed by atoms with Crippen molar-refractivity contribution in [2.75, 3.05) is 12.8 Å². The molecule has 0 atom stereocenters. The number of methoxy groups -OCH3 is 1. The van der Waals surface area contributed by atoms with E-state index in [1.165, 1.54) is 4.88 Å². The first-order chi connectivity index (χ1) is 9.69. The summed E-state index contributed by atoms with van der Waals surface area (Å²) in [6.07, 6.45) is 0. The van der Waals surface area contributed by atoms with E-state index in [1.807, 2.05) is 30.3 Å². The fraction of sp³-hybridized carbons (Fsp3) is 0.133. The van der Waals surface area contributed by atoms with E-state index >= 15 is 0 Å². The van der Waals surface area contributed by atoms with Crippen LogP contribution in [0.15, 0.2) is 40.9 Å². The highest BCUT2D eigenvalue weighted by Crippen LogP contribution is 2.39. The van der Waals surface area contributed by atoms with Gasteiger partial charge in [0, 0.05) is 4.88 Å². The molecule has 0 radical (unpaired) electrons. The first-order valence-electron chi connectivity index (χ1n) is 6.15. The van der Waals surface area contributed by atoms with Crippen LogP contribution in [0.4, 0.5) is 5.82 Å². The number of anilines is 1. The summed E-state index contributed by atoms with van der Waals surface area (Å²) in [6.45, 7) is 2.06. The molecular weight excluding hydrogens is 272 g/mol.